The SMILES string of the molecule is CCN(C(=O)Cn1cnc(C)c1C)C1CC1. The summed E-state index contributed by atoms with van der Waals surface area (Å²) in [5, 5.41) is 0. The molecule has 0 aromatic carbocycles. The van der Waals surface area contributed by atoms with Crippen LogP contribution in [-0.4, -0.2) is 32.9 Å². The van der Waals surface area contributed by atoms with Crippen LogP contribution in [0.2, 0.25) is 0 Å². The Bertz CT molecular complexity index is 393. The molecule has 16 heavy (non-hydrogen) atoms. The van der Waals surface area contributed by atoms with Gasteiger partial charge in [0.05, 0.1) is 12.0 Å². The number of nitrogens with zero attached hydrogens (tertiary/aromatic N) is 3. The van der Waals surface area contributed by atoms with E-state index >= 15 is 0 Å². The summed E-state index contributed by atoms with van der Waals surface area (Å²) < 4.78 is 1.93. The Morgan fingerprint density at radius 3 is 2.69 bits per heavy atom. The number of rotatable bonds is 4. The van der Waals surface area contributed by atoms with Gasteiger partial charge in [0.1, 0.15) is 6.54 Å². The molecule has 0 aliphatic heterocycles. The first-order valence-corrected chi connectivity index (χ1v) is 5.91. The maximum Gasteiger partial charge on any atom is 0.242 e. The molecule has 0 atom stereocenters. The van der Waals surface area contributed by atoms with Crippen molar-refractivity contribution in [1.82, 2.24) is 14.5 Å². The maximum absolute atomic E-state index is 12.1. The van der Waals surface area contributed by atoms with Crippen molar-refractivity contribution in [3.8, 4) is 0 Å². The van der Waals surface area contributed by atoms with Gasteiger partial charge in [0.2, 0.25) is 5.91 Å². The molecule has 4 nitrogen and oxygen atoms in total. The van der Waals surface area contributed by atoms with Crippen LogP contribution in [-0.2, 0) is 11.3 Å². The average Bonchev–Trinajstić information content (AvgIpc) is 3.03. The molecule has 88 valence electrons. The Morgan fingerprint density at radius 2 is 2.25 bits per heavy atom. The summed E-state index contributed by atoms with van der Waals surface area (Å²) in [6, 6.07) is 0.502. The number of amides is 1. The average molecular weight is 221 g/mol. The van der Waals surface area contributed by atoms with Crippen molar-refractivity contribution in [2.24, 2.45) is 0 Å². The molecule has 0 bridgehead atoms. The fraction of sp³-hybridized carbons (Fsp3) is 0.667. The summed E-state index contributed by atoms with van der Waals surface area (Å²) in [6.07, 6.45) is 4.09. The minimum absolute atomic E-state index is 0.213. The largest absolute Gasteiger partial charge is 0.338 e. The zero-order valence-corrected chi connectivity index (χ0v) is 10.2. The monoisotopic (exact) mass is 221 g/mol. The lowest BCUT2D eigenvalue weighted by atomic mass is 10.3. The first-order chi connectivity index (χ1) is 7.63. The molecule has 1 fully saturated rings. The third-order valence-corrected chi connectivity index (χ3v) is 3.30. The van der Waals surface area contributed by atoms with Crippen molar-refractivity contribution in [1.29, 1.82) is 0 Å². The van der Waals surface area contributed by atoms with Crippen LogP contribution in [0.15, 0.2) is 6.33 Å². The zero-order chi connectivity index (χ0) is 11.7. The smallest absolute Gasteiger partial charge is 0.242 e. The highest BCUT2D eigenvalue weighted by molar-refractivity contribution is 5.76. The maximum atomic E-state index is 12.1. The molecular formula is C12H19N3O. The van der Waals surface area contributed by atoms with Gasteiger partial charge in [-0.2, -0.15) is 0 Å². The van der Waals surface area contributed by atoms with Crippen molar-refractivity contribution < 1.29 is 4.79 Å². The van der Waals surface area contributed by atoms with E-state index in [2.05, 4.69) is 4.98 Å². The van der Waals surface area contributed by atoms with Crippen LogP contribution in [0.5, 0.6) is 0 Å². The summed E-state index contributed by atoms with van der Waals surface area (Å²) in [5.74, 6) is 0.213. The highest BCUT2D eigenvalue weighted by Gasteiger charge is 2.31. The van der Waals surface area contributed by atoms with Gasteiger partial charge in [-0.25, -0.2) is 4.98 Å². The van der Waals surface area contributed by atoms with Crippen molar-refractivity contribution in [2.75, 3.05) is 6.54 Å². The number of carbonyl (C=O) groups is 1. The summed E-state index contributed by atoms with van der Waals surface area (Å²) in [4.78, 5) is 18.3. The van der Waals surface area contributed by atoms with Gasteiger partial charge in [-0.05, 0) is 33.6 Å². The van der Waals surface area contributed by atoms with E-state index in [0.717, 1.165) is 17.9 Å². The second-order valence-corrected chi connectivity index (χ2v) is 4.45. The van der Waals surface area contributed by atoms with Gasteiger partial charge in [-0.3, -0.25) is 4.79 Å². The van der Waals surface area contributed by atoms with Crippen molar-refractivity contribution in [3.63, 3.8) is 0 Å². The predicted molar refractivity (Wildman–Crippen MR) is 62.1 cm³/mol. The molecule has 0 saturated heterocycles. The Morgan fingerprint density at radius 1 is 1.56 bits per heavy atom. The summed E-state index contributed by atoms with van der Waals surface area (Å²) in [6.45, 7) is 7.26. The van der Waals surface area contributed by atoms with Crippen molar-refractivity contribution in [2.45, 2.75) is 46.2 Å². The Labute approximate surface area is 96.3 Å². The molecule has 1 aromatic rings. The van der Waals surface area contributed by atoms with Gasteiger partial charge in [0.25, 0.3) is 0 Å². The van der Waals surface area contributed by atoms with E-state index < -0.39 is 0 Å². The van der Waals surface area contributed by atoms with Gasteiger partial charge in [0, 0.05) is 18.3 Å². The van der Waals surface area contributed by atoms with Crippen LogP contribution in [0, 0.1) is 13.8 Å². The van der Waals surface area contributed by atoms with Crippen molar-refractivity contribution >= 4 is 5.91 Å². The minimum Gasteiger partial charge on any atom is -0.338 e. The summed E-state index contributed by atoms with van der Waals surface area (Å²) in [7, 11) is 0. The number of hydrogen-bond donors (Lipinski definition) is 0. The third kappa shape index (κ3) is 2.10. The molecule has 0 spiro atoms. The first-order valence-electron chi connectivity index (χ1n) is 5.91. The Hall–Kier alpha value is -1.32. The molecule has 1 aliphatic rings. The van der Waals surface area contributed by atoms with E-state index in [-0.39, 0.29) is 5.91 Å². The molecule has 0 unspecified atom stereocenters. The van der Waals surface area contributed by atoms with E-state index in [4.69, 9.17) is 0 Å². The molecule has 4 heteroatoms. The summed E-state index contributed by atoms with van der Waals surface area (Å²) in [5.41, 5.74) is 2.09. The Kier molecular flexibility index (Phi) is 2.99. The van der Waals surface area contributed by atoms with Crippen LogP contribution in [0.4, 0.5) is 0 Å². The lowest BCUT2D eigenvalue weighted by Crippen LogP contribution is -2.35. The quantitative estimate of drug-likeness (QED) is 0.773. The number of hydrogen-bond acceptors (Lipinski definition) is 2. The fourth-order valence-electron chi connectivity index (χ4n) is 1.96. The second-order valence-electron chi connectivity index (χ2n) is 4.45. The molecule has 1 heterocycles. The van der Waals surface area contributed by atoms with E-state index in [1.165, 1.54) is 12.8 Å². The first kappa shape index (κ1) is 11.2. The lowest BCUT2D eigenvalue weighted by molar-refractivity contribution is -0.132. The molecular weight excluding hydrogens is 202 g/mol. The van der Waals surface area contributed by atoms with E-state index in [9.17, 15) is 4.79 Å². The molecule has 2 rings (SSSR count). The van der Waals surface area contributed by atoms with Gasteiger partial charge >= 0.3 is 0 Å². The number of aromatic nitrogens is 2. The van der Waals surface area contributed by atoms with Crippen LogP contribution in [0.3, 0.4) is 0 Å². The van der Waals surface area contributed by atoms with E-state index in [1.54, 1.807) is 6.33 Å². The topological polar surface area (TPSA) is 38.1 Å². The van der Waals surface area contributed by atoms with Crippen LogP contribution in [0.25, 0.3) is 0 Å². The molecule has 1 saturated carbocycles. The summed E-state index contributed by atoms with van der Waals surface area (Å²) >= 11 is 0. The highest BCUT2D eigenvalue weighted by Crippen LogP contribution is 2.26. The number of imidazole rings is 1. The number of carbonyl (C=O) groups excluding carboxylic acids is 1. The van der Waals surface area contributed by atoms with Gasteiger partial charge in [0.15, 0.2) is 0 Å². The highest BCUT2D eigenvalue weighted by atomic mass is 16.2. The normalized spacial score (nSPS) is 15.2. The predicted octanol–water partition coefficient (Wildman–Crippen LogP) is 1.51. The van der Waals surface area contributed by atoms with Gasteiger partial charge < -0.3 is 9.47 Å². The minimum atomic E-state index is 0.213. The second kappa shape index (κ2) is 4.28. The van der Waals surface area contributed by atoms with Crippen LogP contribution in [0.1, 0.15) is 31.2 Å². The number of likely N-dealkylation sites (N-methyl/N-ethyl adjacent to an activating group) is 1. The zero-order valence-electron chi connectivity index (χ0n) is 10.2. The molecule has 1 aliphatic carbocycles. The molecule has 0 N–H and O–H groups in total. The number of aryl methyl sites for hydroxylation is 1. The standard InChI is InChI=1S/C12H19N3O/c1-4-15(11-5-6-11)12(16)7-14-8-13-9(2)10(14)3/h8,11H,4-7H2,1-3H3. The van der Waals surface area contributed by atoms with Crippen LogP contribution < -0.4 is 0 Å². The van der Waals surface area contributed by atoms with E-state index in [0.29, 0.717) is 12.6 Å². The van der Waals surface area contributed by atoms with Crippen molar-refractivity contribution in [3.05, 3.63) is 17.7 Å². The Balaban J connectivity index is 2.03. The fourth-order valence-corrected chi connectivity index (χ4v) is 1.96. The van der Waals surface area contributed by atoms with Gasteiger partial charge in [-0.15, -0.1) is 0 Å². The van der Waals surface area contributed by atoms with Gasteiger partial charge in [-0.1, -0.05) is 0 Å². The van der Waals surface area contributed by atoms with Crippen LogP contribution >= 0.6 is 0 Å². The van der Waals surface area contributed by atoms with E-state index in [1.807, 2.05) is 30.2 Å². The molecule has 0 radical (unpaired) electrons. The third-order valence-electron chi connectivity index (χ3n) is 3.30. The molecule has 1 aromatic heterocycles. The molecule has 1 amide bonds. The lowest BCUT2D eigenvalue weighted by Gasteiger charge is -2.20.